The number of carbonyl (C=O) groups is 1. The van der Waals surface area contributed by atoms with Crippen molar-refractivity contribution in [3.63, 3.8) is 0 Å². The van der Waals surface area contributed by atoms with Gasteiger partial charge >= 0.3 is 0 Å². The van der Waals surface area contributed by atoms with Gasteiger partial charge in [-0.25, -0.2) is 4.98 Å². The summed E-state index contributed by atoms with van der Waals surface area (Å²) in [6, 6.07) is 12.1. The molecule has 1 atom stereocenters. The van der Waals surface area contributed by atoms with Gasteiger partial charge < -0.3 is 24.9 Å². The highest BCUT2D eigenvalue weighted by molar-refractivity contribution is 5.95. The fourth-order valence-electron chi connectivity index (χ4n) is 3.20. The van der Waals surface area contributed by atoms with Crippen molar-refractivity contribution < 1.29 is 19.1 Å². The Hall–Kier alpha value is -3.32. The SMILES string of the molecule is COc1cc(NC(=O)C(CC(C)C)NCc2ccccc2O)ccc1-c1cnco1. The van der Waals surface area contributed by atoms with Gasteiger partial charge in [-0.2, -0.15) is 0 Å². The second-order valence-electron chi connectivity index (χ2n) is 7.46. The van der Waals surface area contributed by atoms with Crippen LogP contribution in [0.4, 0.5) is 5.69 Å². The summed E-state index contributed by atoms with van der Waals surface area (Å²) in [5, 5.41) is 16.2. The van der Waals surface area contributed by atoms with Gasteiger partial charge in [0.1, 0.15) is 11.5 Å². The molecule has 0 aliphatic rings. The third-order valence-electron chi connectivity index (χ3n) is 4.72. The van der Waals surface area contributed by atoms with Crippen molar-refractivity contribution >= 4 is 11.6 Å². The van der Waals surface area contributed by atoms with E-state index in [1.54, 1.807) is 37.6 Å². The van der Waals surface area contributed by atoms with E-state index in [9.17, 15) is 9.90 Å². The maximum Gasteiger partial charge on any atom is 0.241 e. The van der Waals surface area contributed by atoms with E-state index in [1.165, 1.54) is 6.39 Å². The fourth-order valence-corrected chi connectivity index (χ4v) is 3.20. The Kier molecular flexibility index (Phi) is 7.08. The molecule has 7 heteroatoms. The molecule has 0 saturated heterocycles. The number of hydrogen-bond donors (Lipinski definition) is 3. The first kappa shape index (κ1) is 21.4. The number of phenolic OH excluding ortho intramolecular Hbond substituents is 1. The van der Waals surface area contributed by atoms with E-state index in [2.05, 4.69) is 29.5 Å². The summed E-state index contributed by atoms with van der Waals surface area (Å²) < 4.78 is 10.8. The molecule has 3 N–H and O–H groups in total. The molecule has 0 aliphatic carbocycles. The van der Waals surface area contributed by atoms with Crippen LogP contribution in [-0.4, -0.2) is 29.1 Å². The van der Waals surface area contributed by atoms with E-state index in [4.69, 9.17) is 9.15 Å². The van der Waals surface area contributed by atoms with Crippen molar-refractivity contribution in [2.24, 2.45) is 5.92 Å². The maximum atomic E-state index is 13.0. The molecule has 0 bridgehead atoms. The third-order valence-corrected chi connectivity index (χ3v) is 4.72. The molecule has 0 radical (unpaired) electrons. The van der Waals surface area contributed by atoms with E-state index < -0.39 is 6.04 Å². The lowest BCUT2D eigenvalue weighted by Crippen LogP contribution is -2.41. The molecule has 0 aliphatic heterocycles. The predicted molar refractivity (Wildman–Crippen MR) is 115 cm³/mol. The van der Waals surface area contributed by atoms with E-state index in [-0.39, 0.29) is 11.7 Å². The van der Waals surface area contributed by atoms with Gasteiger partial charge in [-0.3, -0.25) is 4.79 Å². The molecule has 1 aromatic heterocycles. The lowest BCUT2D eigenvalue weighted by atomic mass is 10.0. The van der Waals surface area contributed by atoms with E-state index in [0.29, 0.717) is 36.1 Å². The molecule has 3 aromatic rings. The van der Waals surface area contributed by atoms with E-state index in [1.807, 2.05) is 18.2 Å². The van der Waals surface area contributed by atoms with E-state index >= 15 is 0 Å². The third kappa shape index (κ3) is 5.39. The second kappa shape index (κ2) is 9.93. The minimum Gasteiger partial charge on any atom is -0.508 e. The number of nitrogens with one attached hydrogen (secondary N) is 2. The van der Waals surface area contributed by atoms with Gasteiger partial charge in [0, 0.05) is 23.9 Å². The van der Waals surface area contributed by atoms with Crippen molar-refractivity contribution in [3.05, 3.63) is 60.6 Å². The number of benzene rings is 2. The molecule has 0 spiro atoms. The predicted octanol–water partition coefficient (Wildman–Crippen LogP) is 4.20. The molecular weight excluding hydrogens is 382 g/mol. The Morgan fingerprint density at radius 3 is 2.70 bits per heavy atom. The molecule has 0 fully saturated rings. The number of para-hydroxylation sites is 1. The molecule has 158 valence electrons. The second-order valence-corrected chi connectivity index (χ2v) is 7.46. The maximum absolute atomic E-state index is 13.0. The van der Waals surface area contributed by atoms with Gasteiger partial charge in [-0.15, -0.1) is 0 Å². The lowest BCUT2D eigenvalue weighted by Gasteiger charge is -2.21. The number of anilines is 1. The van der Waals surface area contributed by atoms with Crippen LogP contribution in [0.1, 0.15) is 25.8 Å². The minimum absolute atomic E-state index is 0.145. The highest BCUT2D eigenvalue weighted by Crippen LogP contribution is 2.32. The number of aromatic nitrogens is 1. The number of hydrogen-bond acceptors (Lipinski definition) is 6. The van der Waals surface area contributed by atoms with Crippen LogP contribution in [0, 0.1) is 5.92 Å². The molecular formula is C23H27N3O4. The number of rotatable bonds is 9. The highest BCUT2D eigenvalue weighted by Gasteiger charge is 2.21. The highest BCUT2D eigenvalue weighted by atomic mass is 16.5. The number of ether oxygens (including phenoxy) is 1. The monoisotopic (exact) mass is 409 g/mol. The minimum atomic E-state index is -0.412. The smallest absolute Gasteiger partial charge is 0.241 e. The molecule has 1 amide bonds. The summed E-state index contributed by atoms with van der Waals surface area (Å²) in [5.41, 5.74) is 2.12. The molecule has 1 heterocycles. The number of carbonyl (C=O) groups excluding carboxylic acids is 1. The standard InChI is InChI=1S/C23H27N3O4/c1-15(2)10-19(25-12-16-6-4-5-7-20(16)27)23(28)26-17-8-9-18(21(11-17)29-3)22-13-24-14-30-22/h4-9,11,13-15,19,25,27H,10,12H2,1-3H3,(H,26,28). The normalized spacial score (nSPS) is 12.0. The van der Waals surface area contributed by atoms with Gasteiger partial charge in [0.2, 0.25) is 5.91 Å². The number of nitrogens with zero attached hydrogens (tertiary/aromatic N) is 1. The van der Waals surface area contributed by atoms with Crippen LogP contribution < -0.4 is 15.4 Å². The van der Waals surface area contributed by atoms with Crippen LogP contribution in [0.2, 0.25) is 0 Å². The molecule has 30 heavy (non-hydrogen) atoms. The van der Waals surface area contributed by atoms with Crippen LogP contribution in [0.25, 0.3) is 11.3 Å². The van der Waals surface area contributed by atoms with Gasteiger partial charge in [-0.1, -0.05) is 32.0 Å². The largest absolute Gasteiger partial charge is 0.508 e. The Morgan fingerprint density at radius 1 is 1.23 bits per heavy atom. The van der Waals surface area contributed by atoms with Crippen molar-refractivity contribution in [2.75, 3.05) is 12.4 Å². The Morgan fingerprint density at radius 2 is 2.03 bits per heavy atom. The van der Waals surface area contributed by atoms with Crippen LogP contribution in [-0.2, 0) is 11.3 Å². The number of oxazole rings is 1. The summed E-state index contributed by atoms with van der Waals surface area (Å²) >= 11 is 0. The first-order valence-electron chi connectivity index (χ1n) is 9.86. The zero-order valence-corrected chi connectivity index (χ0v) is 17.4. The Labute approximate surface area is 176 Å². The fraction of sp³-hybridized carbons (Fsp3) is 0.304. The summed E-state index contributed by atoms with van der Waals surface area (Å²) in [6.45, 7) is 4.53. The summed E-state index contributed by atoms with van der Waals surface area (Å²) in [7, 11) is 1.57. The molecule has 3 rings (SSSR count). The van der Waals surface area contributed by atoms with Crippen LogP contribution in [0.5, 0.6) is 11.5 Å². The van der Waals surface area contributed by atoms with Crippen molar-refractivity contribution in [3.8, 4) is 22.8 Å². The number of phenols is 1. The molecule has 1 unspecified atom stereocenters. The Balaban J connectivity index is 1.72. The summed E-state index contributed by atoms with van der Waals surface area (Å²) in [6.07, 6.45) is 3.63. The quantitative estimate of drug-likeness (QED) is 0.490. The van der Waals surface area contributed by atoms with Gasteiger partial charge in [-0.05, 0) is 30.5 Å². The average Bonchev–Trinajstić information content (AvgIpc) is 3.26. The van der Waals surface area contributed by atoms with E-state index in [0.717, 1.165) is 11.1 Å². The Bertz CT molecular complexity index is 970. The average molecular weight is 409 g/mol. The molecule has 0 saturated carbocycles. The van der Waals surface area contributed by atoms with Crippen molar-refractivity contribution in [1.82, 2.24) is 10.3 Å². The summed E-state index contributed by atoms with van der Waals surface area (Å²) in [5.74, 6) is 1.55. The number of aromatic hydroxyl groups is 1. The van der Waals surface area contributed by atoms with Crippen molar-refractivity contribution in [2.45, 2.75) is 32.9 Å². The summed E-state index contributed by atoms with van der Waals surface area (Å²) in [4.78, 5) is 16.9. The topological polar surface area (TPSA) is 96.6 Å². The zero-order valence-electron chi connectivity index (χ0n) is 17.4. The first-order valence-corrected chi connectivity index (χ1v) is 9.86. The lowest BCUT2D eigenvalue weighted by molar-refractivity contribution is -0.118. The number of methoxy groups -OCH3 is 1. The van der Waals surface area contributed by atoms with Gasteiger partial charge in [0.05, 0.1) is 24.9 Å². The van der Waals surface area contributed by atoms with Crippen LogP contribution in [0.3, 0.4) is 0 Å². The molecule has 2 aromatic carbocycles. The number of amides is 1. The van der Waals surface area contributed by atoms with Gasteiger partial charge in [0.15, 0.2) is 12.2 Å². The molecule has 7 nitrogen and oxygen atoms in total. The zero-order chi connectivity index (χ0) is 21.5. The van der Waals surface area contributed by atoms with Gasteiger partial charge in [0.25, 0.3) is 0 Å². The first-order chi connectivity index (χ1) is 14.5. The van der Waals surface area contributed by atoms with Crippen molar-refractivity contribution in [1.29, 1.82) is 0 Å². The van der Waals surface area contributed by atoms with Crippen LogP contribution in [0.15, 0.2) is 59.5 Å². The van der Waals surface area contributed by atoms with Crippen LogP contribution >= 0.6 is 0 Å².